The SMILES string of the molecule is O=P([O-])([O-])c1ccccc1.[Fe].[Ni+2]. The Kier molecular flexibility index (Phi) is 7.36. The summed E-state index contributed by atoms with van der Waals surface area (Å²) in [5, 5.41) is -0.157. The summed E-state index contributed by atoms with van der Waals surface area (Å²) in [7, 11) is -4.52. The molecule has 0 unspecified atom stereocenters. The Morgan fingerprint density at radius 2 is 1.50 bits per heavy atom. The zero-order valence-corrected chi connectivity index (χ0v) is 8.71. The van der Waals surface area contributed by atoms with Gasteiger partial charge in [0, 0.05) is 17.1 Å². The first-order chi connectivity index (χ1) is 4.61. The minimum Gasteiger partial charge on any atom is -0.807 e. The van der Waals surface area contributed by atoms with E-state index >= 15 is 0 Å². The summed E-state index contributed by atoms with van der Waals surface area (Å²) in [6.45, 7) is 0. The van der Waals surface area contributed by atoms with Gasteiger partial charge in [0.05, 0.1) is 0 Å². The third-order valence-electron chi connectivity index (χ3n) is 1.07. The Labute approximate surface area is 91.1 Å². The Balaban J connectivity index is 0. The van der Waals surface area contributed by atoms with Crippen LogP contribution in [-0.2, 0) is 38.1 Å². The van der Waals surface area contributed by atoms with Crippen molar-refractivity contribution in [3.63, 3.8) is 0 Å². The van der Waals surface area contributed by atoms with Crippen LogP contribution in [-0.4, -0.2) is 0 Å². The van der Waals surface area contributed by atoms with E-state index in [1.54, 1.807) is 6.07 Å². The van der Waals surface area contributed by atoms with E-state index in [2.05, 4.69) is 0 Å². The molecule has 0 fully saturated rings. The Morgan fingerprint density at radius 3 is 1.75 bits per heavy atom. The van der Waals surface area contributed by atoms with E-state index in [0.29, 0.717) is 0 Å². The summed E-state index contributed by atoms with van der Waals surface area (Å²) in [4.78, 5) is 20.6. The van der Waals surface area contributed by atoms with E-state index in [9.17, 15) is 14.4 Å². The molecule has 6 heteroatoms. The first-order valence-corrected chi connectivity index (χ1v) is 4.22. The van der Waals surface area contributed by atoms with Gasteiger partial charge in [0.1, 0.15) is 0 Å². The molecule has 12 heavy (non-hydrogen) atoms. The van der Waals surface area contributed by atoms with E-state index in [4.69, 9.17) is 0 Å². The number of hydrogen-bond donors (Lipinski definition) is 0. The molecule has 1 aromatic carbocycles. The van der Waals surface area contributed by atoms with Gasteiger partial charge < -0.3 is 14.4 Å². The molecule has 1 aromatic rings. The Hall–Kier alpha value is 0.383. The van der Waals surface area contributed by atoms with Crippen molar-refractivity contribution >= 4 is 12.9 Å². The van der Waals surface area contributed by atoms with Crippen LogP contribution < -0.4 is 15.1 Å². The molecular formula is C6H5FeNiO3P. The minimum atomic E-state index is -4.52. The smallest absolute Gasteiger partial charge is 0.807 e. The van der Waals surface area contributed by atoms with Crippen LogP contribution >= 0.6 is 7.60 Å². The normalized spacial score (nSPS) is 9.50. The Bertz CT molecular complexity index is 261. The molecular weight excluding hydrogens is 266 g/mol. The predicted molar refractivity (Wildman–Crippen MR) is 33.7 cm³/mol. The third-order valence-corrected chi connectivity index (χ3v) is 2.00. The van der Waals surface area contributed by atoms with Crippen LogP contribution in [0.3, 0.4) is 0 Å². The van der Waals surface area contributed by atoms with E-state index in [-0.39, 0.29) is 38.9 Å². The maximum atomic E-state index is 10.3. The molecule has 1 rings (SSSR count). The third kappa shape index (κ3) is 4.42. The molecule has 0 aliphatic carbocycles. The summed E-state index contributed by atoms with van der Waals surface area (Å²) < 4.78 is 10.3. The Morgan fingerprint density at radius 1 is 1.08 bits per heavy atom. The van der Waals surface area contributed by atoms with Gasteiger partial charge in [-0.05, 0) is 12.9 Å². The molecule has 0 saturated carbocycles. The van der Waals surface area contributed by atoms with E-state index in [0.717, 1.165) is 0 Å². The van der Waals surface area contributed by atoms with Gasteiger partial charge in [0.2, 0.25) is 0 Å². The standard InChI is InChI=1S/C6H7O3P.Fe.Ni/c7-10(8,9)6-4-2-1-3-5-6;;/h1-5H,(H2,7,8,9);;/q;;+2/p-2. The van der Waals surface area contributed by atoms with E-state index < -0.39 is 7.60 Å². The zero-order valence-electron chi connectivity index (χ0n) is 5.73. The van der Waals surface area contributed by atoms with Crippen LogP contribution in [0.15, 0.2) is 30.3 Å². The second-order valence-corrected chi connectivity index (χ2v) is 3.34. The van der Waals surface area contributed by atoms with Crippen molar-refractivity contribution in [1.82, 2.24) is 0 Å². The maximum absolute atomic E-state index is 10.3. The minimum absolute atomic E-state index is 0. The van der Waals surface area contributed by atoms with Gasteiger partial charge >= 0.3 is 16.5 Å². The molecule has 0 heterocycles. The molecule has 0 N–H and O–H groups in total. The quantitative estimate of drug-likeness (QED) is 0.497. The topological polar surface area (TPSA) is 63.2 Å². The van der Waals surface area contributed by atoms with Crippen molar-refractivity contribution in [2.75, 3.05) is 0 Å². The molecule has 0 atom stereocenters. The second-order valence-electron chi connectivity index (χ2n) is 1.83. The molecule has 0 radical (unpaired) electrons. The fourth-order valence-electron chi connectivity index (χ4n) is 0.611. The monoisotopic (exact) mass is 270 g/mol. The zero-order chi connectivity index (χ0) is 7.61. The van der Waals surface area contributed by atoms with Gasteiger partial charge in [-0.25, -0.2) is 0 Å². The largest absolute Gasteiger partial charge is 2.00 e. The summed E-state index contributed by atoms with van der Waals surface area (Å²) in [6.07, 6.45) is 0. The van der Waals surface area contributed by atoms with Crippen LogP contribution in [0.1, 0.15) is 0 Å². The molecule has 0 saturated heterocycles. The van der Waals surface area contributed by atoms with Crippen molar-refractivity contribution in [3.05, 3.63) is 30.3 Å². The van der Waals surface area contributed by atoms with Gasteiger partial charge in [-0.2, -0.15) is 0 Å². The van der Waals surface area contributed by atoms with Crippen LogP contribution in [0.25, 0.3) is 0 Å². The summed E-state index contributed by atoms with van der Waals surface area (Å²) >= 11 is 0. The van der Waals surface area contributed by atoms with Gasteiger partial charge in [0.25, 0.3) is 0 Å². The number of benzene rings is 1. The average molecular weight is 271 g/mol. The van der Waals surface area contributed by atoms with E-state index in [1.807, 2.05) is 0 Å². The molecule has 3 nitrogen and oxygen atoms in total. The average Bonchev–Trinajstić information content (AvgIpc) is 1.88. The fourth-order valence-corrected chi connectivity index (χ4v) is 1.15. The van der Waals surface area contributed by atoms with Crippen molar-refractivity contribution in [2.45, 2.75) is 0 Å². The summed E-state index contributed by atoms with van der Waals surface area (Å²) in [5.74, 6) is 0. The van der Waals surface area contributed by atoms with E-state index in [1.165, 1.54) is 24.3 Å². The number of hydrogen-bond acceptors (Lipinski definition) is 3. The second kappa shape index (κ2) is 5.93. The van der Waals surface area contributed by atoms with Crippen molar-refractivity contribution in [3.8, 4) is 0 Å². The molecule has 0 aliphatic rings. The van der Waals surface area contributed by atoms with Crippen molar-refractivity contribution in [2.24, 2.45) is 0 Å². The predicted octanol–water partition coefficient (Wildman–Crippen LogP) is -0.779. The van der Waals surface area contributed by atoms with Gasteiger partial charge in [-0.1, -0.05) is 30.3 Å². The summed E-state index contributed by atoms with van der Waals surface area (Å²) in [6, 6.07) is 7.23. The van der Waals surface area contributed by atoms with Gasteiger partial charge in [0.15, 0.2) is 0 Å². The summed E-state index contributed by atoms with van der Waals surface area (Å²) in [5.41, 5.74) is 0. The van der Waals surface area contributed by atoms with Gasteiger partial charge in [-0.3, -0.25) is 0 Å². The molecule has 0 aromatic heterocycles. The van der Waals surface area contributed by atoms with Crippen LogP contribution in [0.2, 0.25) is 0 Å². The van der Waals surface area contributed by atoms with Gasteiger partial charge in [-0.15, -0.1) is 0 Å². The molecule has 0 bridgehead atoms. The molecule has 0 amide bonds. The fraction of sp³-hybridized carbons (Fsp3) is 0. The molecule has 70 valence electrons. The molecule has 0 spiro atoms. The molecule has 0 aliphatic heterocycles. The van der Waals surface area contributed by atoms with Crippen molar-refractivity contribution < 1.29 is 47.9 Å². The first-order valence-electron chi connectivity index (χ1n) is 2.68. The van der Waals surface area contributed by atoms with Crippen LogP contribution in [0.4, 0.5) is 0 Å². The first kappa shape index (κ1) is 14.9. The van der Waals surface area contributed by atoms with Crippen molar-refractivity contribution in [1.29, 1.82) is 0 Å². The van der Waals surface area contributed by atoms with Crippen LogP contribution in [0.5, 0.6) is 0 Å². The van der Waals surface area contributed by atoms with Crippen LogP contribution in [0, 0.1) is 0 Å². The maximum Gasteiger partial charge on any atom is 2.00 e. The number of rotatable bonds is 1.